The first-order chi connectivity index (χ1) is 9.43. The van der Waals surface area contributed by atoms with Crippen molar-refractivity contribution in [1.29, 1.82) is 0 Å². The third kappa shape index (κ3) is 4.20. The minimum Gasteiger partial charge on any atom is -0.481 e. The second kappa shape index (κ2) is 7.62. The molecule has 0 aromatic rings. The highest BCUT2D eigenvalue weighted by Crippen LogP contribution is 2.36. The van der Waals surface area contributed by atoms with Crippen LogP contribution in [0.15, 0.2) is 0 Å². The van der Waals surface area contributed by atoms with Crippen molar-refractivity contribution in [2.45, 2.75) is 58.9 Å². The van der Waals surface area contributed by atoms with E-state index in [1.807, 2.05) is 13.8 Å². The van der Waals surface area contributed by atoms with E-state index >= 15 is 0 Å². The van der Waals surface area contributed by atoms with Crippen LogP contribution in [-0.4, -0.2) is 47.6 Å². The topological polar surface area (TPSA) is 69.6 Å². The van der Waals surface area contributed by atoms with E-state index in [1.165, 1.54) is 0 Å². The number of carboxylic acids is 1. The molecule has 1 aliphatic heterocycles. The van der Waals surface area contributed by atoms with E-state index in [-0.39, 0.29) is 23.8 Å². The first-order valence-corrected chi connectivity index (χ1v) is 7.66. The summed E-state index contributed by atoms with van der Waals surface area (Å²) >= 11 is 0. The maximum absolute atomic E-state index is 13.0. The van der Waals surface area contributed by atoms with Gasteiger partial charge < -0.3 is 15.3 Å². The fraction of sp³-hybridized carbons (Fsp3) is 0.867. The predicted octanol–water partition coefficient (Wildman–Crippen LogP) is 1.87. The number of carbonyl (C=O) groups is 2. The summed E-state index contributed by atoms with van der Waals surface area (Å²) < 4.78 is 0. The summed E-state index contributed by atoms with van der Waals surface area (Å²) in [6.45, 7) is 8.08. The Morgan fingerprint density at radius 3 is 2.35 bits per heavy atom. The van der Waals surface area contributed by atoms with Crippen LogP contribution in [0.25, 0.3) is 0 Å². The Labute approximate surface area is 121 Å². The maximum Gasteiger partial charge on any atom is 0.305 e. The van der Waals surface area contributed by atoms with Gasteiger partial charge in [-0.3, -0.25) is 9.59 Å². The predicted molar refractivity (Wildman–Crippen MR) is 78.5 cm³/mol. The van der Waals surface area contributed by atoms with E-state index in [1.54, 1.807) is 4.90 Å². The molecule has 2 N–H and O–H groups in total. The average Bonchev–Trinajstić information content (AvgIpc) is 2.39. The van der Waals surface area contributed by atoms with E-state index in [0.717, 1.165) is 38.8 Å². The molecule has 0 bridgehead atoms. The normalized spacial score (nSPS) is 18.0. The van der Waals surface area contributed by atoms with E-state index < -0.39 is 5.97 Å². The van der Waals surface area contributed by atoms with E-state index in [9.17, 15) is 9.59 Å². The van der Waals surface area contributed by atoms with Crippen LogP contribution in [0.5, 0.6) is 0 Å². The highest BCUT2D eigenvalue weighted by Gasteiger charge is 2.41. The van der Waals surface area contributed by atoms with Crippen molar-refractivity contribution in [2.75, 3.05) is 19.6 Å². The molecular formula is C15H28N2O3. The smallest absolute Gasteiger partial charge is 0.305 e. The van der Waals surface area contributed by atoms with Crippen LogP contribution in [0.2, 0.25) is 0 Å². The summed E-state index contributed by atoms with van der Waals surface area (Å²) in [5, 5.41) is 12.2. The molecule has 0 aromatic carbocycles. The fourth-order valence-corrected chi connectivity index (χ4v) is 3.07. The quantitative estimate of drug-likeness (QED) is 0.749. The minimum atomic E-state index is -0.849. The number of piperidine rings is 1. The summed E-state index contributed by atoms with van der Waals surface area (Å²) in [4.78, 5) is 25.5. The van der Waals surface area contributed by atoms with Crippen molar-refractivity contribution in [3.63, 3.8) is 0 Å². The molecule has 1 rings (SSSR count). The van der Waals surface area contributed by atoms with Crippen molar-refractivity contribution in [3.05, 3.63) is 0 Å². The van der Waals surface area contributed by atoms with Gasteiger partial charge in [0.05, 0.1) is 11.8 Å². The van der Waals surface area contributed by atoms with Gasteiger partial charge in [-0.2, -0.15) is 0 Å². The number of nitrogens with zero attached hydrogens (tertiary/aromatic N) is 1. The van der Waals surface area contributed by atoms with Gasteiger partial charge in [-0.1, -0.05) is 13.3 Å². The molecule has 0 aliphatic carbocycles. The SMILES string of the molecule is CCCC1(C(=O)N(CCC(=O)O)C(C)C)CCNCC1. The minimum absolute atomic E-state index is 0.0182. The maximum atomic E-state index is 13.0. The molecule has 5 heteroatoms. The van der Waals surface area contributed by atoms with Crippen molar-refractivity contribution in [2.24, 2.45) is 5.41 Å². The van der Waals surface area contributed by atoms with Gasteiger partial charge in [-0.25, -0.2) is 0 Å². The third-order valence-electron chi connectivity index (χ3n) is 4.19. The van der Waals surface area contributed by atoms with Crippen molar-refractivity contribution < 1.29 is 14.7 Å². The highest BCUT2D eigenvalue weighted by molar-refractivity contribution is 5.83. The van der Waals surface area contributed by atoms with Crippen LogP contribution in [0, 0.1) is 5.41 Å². The molecule has 1 saturated heterocycles. The summed E-state index contributed by atoms with van der Waals surface area (Å²) in [6.07, 6.45) is 3.61. The van der Waals surface area contributed by atoms with Gasteiger partial charge in [-0.05, 0) is 46.2 Å². The van der Waals surface area contributed by atoms with Crippen LogP contribution in [0.3, 0.4) is 0 Å². The zero-order valence-electron chi connectivity index (χ0n) is 12.9. The molecule has 0 saturated carbocycles. The van der Waals surface area contributed by atoms with E-state index in [0.29, 0.717) is 6.54 Å². The Morgan fingerprint density at radius 1 is 1.30 bits per heavy atom. The Bertz CT molecular complexity index is 331. The second-order valence-corrected chi connectivity index (χ2v) is 6.02. The van der Waals surface area contributed by atoms with Crippen molar-refractivity contribution in [3.8, 4) is 0 Å². The second-order valence-electron chi connectivity index (χ2n) is 6.02. The number of amides is 1. The Balaban J connectivity index is 2.85. The first kappa shape index (κ1) is 17.0. The summed E-state index contributed by atoms with van der Waals surface area (Å²) in [7, 11) is 0. The number of carbonyl (C=O) groups excluding carboxylic acids is 1. The van der Waals surface area contributed by atoms with Gasteiger partial charge in [0.2, 0.25) is 5.91 Å². The lowest BCUT2D eigenvalue weighted by Crippen LogP contribution is -2.51. The number of rotatable bonds is 7. The molecule has 0 aromatic heterocycles. The number of hydrogen-bond donors (Lipinski definition) is 2. The van der Waals surface area contributed by atoms with Crippen molar-refractivity contribution in [1.82, 2.24) is 10.2 Å². The van der Waals surface area contributed by atoms with Crippen LogP contribution in [0.1, 0.15) is 52.9 Å². The van der Waals surface area contributed by atoms with Gasteiger partial charge in [-0.15, -0.1) is 0 Å². The number of hydrogen-bond acceptors (Lipinski definition) is 3. The lowest BCUT2D eigenvalue weighted by atomic mass is 9.74. The fourth-order valence-electron chi connectivity index (χ4n) is 3.07. The monoisotopic (exact) mass is 284 g/mol. The largest absolute Gasteiger partial charge is 0.481 e. The third-order valence-corrected chi connectivity index (χ3v) is 4.19. The Morgan fingerprint density at radius 2 is 1.90 bits per heavy atom. The number of nitrogens with one attached hydrogen (secondary N) is 1. The molecule has 20 heavy (non-hydrogen) atoms. The van der Waals surface area contributed by atoms with E-state index in [2.05, 4.69) is 12.2 Å². The molecule has 1 amide bonds. The lowest BCUT2D eigenvalue weighted by molar-refractivity contribution is -0.147. The zero-order chi connectivity index (χ0) is 15.2. The molecule has 0 atom stereocenters. The molecule has 5 nitrogen and oxygen atoms in total. The Kier molecular flexibility index (Phi) is 6.46. The molecule has 1 aliphatic rings. The lowest BCUT2D eigenvalue weighted by Gasteiger charge is -2.41. The van der Waals surface area contributed by atoms with Gasteiger partial charge in [0, 0.05) is 12.6 Å². The standard InChI is InChI=1S/C15H28N2O3/c1-4-6-15(7-9-16-10-8-15)14(20)17(12(2)3)11-5-13(18)19/h12,16H,4-11H2,1-3H3,(H,18,19). The van der Waals surface area contributed by atoms with Crippen LogP contribution in [0.4, 0.5) is 0 Å². The molecule has 0 unspecified atom stereocenters. The Hall–Kier alpha value is -1.10. The van der Waals surface area contributed by atoms with Gasteiger partial charge >= 0.3 is 5.97 Å². The molecule has 1 heterocycles. The molecular weight excluding hydrogens is 256 g/mol. The van der Waals surface area contributed by atoms with Crippen LogP contribution >= 0.6 is 0 Å². The first-order valence-electron chi connectivity index (χ1n) is 7.66. The average molecular weight is 284 g/mol. The van der Waals surface area contributed by atoms with Gasteiger partial charge in [0.25, 0.3) is 0 Å². The molecule has 1 fully saturated rings. The highest BCUT2D eigenvalue weighted by atomic mass is 16.4. The summed E-state index contributed by atoms with van der Waals surface area (Å²) in [5.41, 5.74) is -0.289. The number of aliphatic carboxylic acids is 1. The van der Waals surface area contributed by atoms with Crippen LogP contribution < -0.4 is 5.32 Å². The van der Waals surface area contributed by atoms with Gasteiger partial charge in [0.1, 0.15) is 0 Å². The van der Waals surface area contributed by atoms with Gasteiger partial charge in [0.15, 0.2) is 0 Å². The zero-order valence-corrected chi connectivity index (χ0v) is 12.9. The number of carboxylic acid groups (broad SMARTS) is 1. The van der Waals surface area contributed by atoms with E-state index in [4.69, 9.17) is 5.11 Å². The van der Waals surface area contributed by atoms with Crippen LogP contribution in [-0.2, 0) is 9.59 Å². The summed E-state index contributed by atoms with van der Waals surface area (Å²) in [6, 6.07) is 0.0467. The molecule has 0 spiro atoms. The van der Waals surface area contributed by atoms with Crippen molar-refractivity contribution >= 4 is 11.9 Å². The molecule has 0 radical (unpaired) electrons. The molecule has 116 valence electrons. The summed E-state index contributed by atoms with van der Waals surface area (Å²) in [5.74, 6) is -0.699.